The number of nitrogens with one attached hydrogen (secondary N) is 1. The number of aryl methyl sites for hydroxylation is 2. The van der Waals surface area contributed by atoms with E-state index in [2.05, 4.69) is 37.4 Å². The standard InChI is InChI=1S/C16H24N2O/c1-11-3-4-13(12(2)9-11)10-16(19)18-15-7-5-14(17)6-8-15/h3-4,9,14-15H,5-8,10,17H2,1-2H3,(H,18,19). The zero-order chi connectivity index (χ0) is 13.8. The topological polar surface area (TPSA) is 55.1 Å². The van der Waals surface area contributed by atoms with Gasteiger partial charge in [-0.2, -0.15) is 0 Å². The maximum absolute atomic E-state index is 12.1. The van der Waals surface area contributed by atoms with E-state index in [-0.39, 0.29) is 5.91 Å². The largest absolute Gasteiger partial charge is 0.353 e. The highest BCUT2D eigenvalue weighted by atomic mass is 16.1. The Kier molecular flexibility index (Phi) is 4.59. The monoisotopic (exact) mass is 260 g/mol. The van der Waals surface area contributed by atoms with Gasteiger partial charge in [-0.15, -0.1) is 0 Å². The van der Waals surface area contributed by atoms with Crippen LogP contribution in [0.2, 0.25) is 0 Å². The van der Waals surface area contributed by atoms with Crippen LogP contribution in [0.1, 0.15) is 42.4 Å². The number of hydrogen-bond donors (Lipinski definition) is 2. The molecule has 0 heterocycles. The van der Waals surface area contributed by atoms with E-state index in [4.69, 9.17) is 5.73 Å². The summed E-state index contributed by atoms with van der Waals surface area (Å²) >= 11 is 0. The molecule has 1 aromatic carbocycles. The zero-order valence-electron chi connectivity index (χ0n) is 11.9. The molecule has 3 heteroatoms. The molecular formula is C16H24N2O. The van der Waals surface area contributed by atoms with Crippen molar-refractivity contribution in [2.45, 2.75) is 58.0 Å². The summed E-state index contributed by atoms with van der Waals surface area (Å²) in [6, 6.07) is 6.89. The van der Waals surface area contributed by atoms with Gasteiger partial charge in [0.1, 0.15) is 0 Å². The van der Waals surface area contributed by atoms with Gasteiger partial charge in [0.15, 0.2) is 0 Å². The Balaban J connectivity index is 1.87. The lowest BCUT2D eigenvalue weighted by Gasteiger charge is -2.26. The quantitative estimate of drug-likeness (QED) is 0.875. The van der Waals surface area contributed by atoms with Crippen LogP contribution in [-0.4, -0.2) is 18.0 Å². The summed E-state index contributed by atoms with van der Waals surface area (Å²) in [7, 11) is 0. The van der Waals surface area contributed by atoms with Crippen LogP contribution in [0, 0.1) is 13.8 Å². The molecule has 2 rings (SSSR count). The van der Waals surface area contributed by atoms with E-state index in [1.807, 2.05) is 0 Å². The first-order valence-corrected chi connectivity index (χ1v) is 7.15. The Hall–Kier alpha value is -1.35. The summed E-state index contributed by atoms with van der Waals surface area (Å²) in [4.78, 5) is 12.1. The van der Waals surface area contributed by atoms with Gasteiger partial charge in [0, 0.05) is 12.1 Å². The van der Waals surface area contributed by atoms with Gasteiger partial charge < -0.3 is 11.1 Å². The van der Waals surface area contributed by atoms with Crippen LogP contribution in [0.4, 0.5) is 0 Å². The third kappa shape index (κ3) is 4.06. The Morgan fingerprint density at radius 3 is 2.58 bits per heavy atom. The van der Waals surface area contributed by atoms with Crippen LogP contribution in [0.15, 0.2) is 18.2 Å². The van der Waals surface area contributed by atoms with Gasteiger partial charge in [-0.3, -0.25) is 4.79 Å². The Morgan fingerprint density at radius 2 is 1.95 bits per heavy atom. The van der Waals surface area contributed by atoms with Gasteiger partial charge >= 0.3 is 0 Å². The summed E-state index contributed by atoms with van der Waals surface area (Å²) in [6.45, 7) is 4.14. The van der Waals surface area contributed by atoms with Crippen LogP contribution in [0.5, 0.6) is 0 Å². The summed E-state index contributed by atoms with van der Waals surface area (Å²) in [5, 5.41) is 3.14. The van der Waals surface area contributed by atoms with Crippen molar-refractivity contribution in [2.75, 3.05) is 0 Å². The molecule has 1 aliphatic carbocycles. The maximum atomic E-state index is 12.1. The van der Waals surface area contributed by atoms with Gasteiger partial charge in [-0.1, -0.05) is 23.8 Å². The molecule has 1 amide bonds. The lowest BCUT2D eigenvalue weighted by molar-refractivity contribution is -0.121. The molecule has 0 unspecified atom stereocenters. The fourth-order valence-electron chi connectivity index (χ4n) is 2.76. The highest BCUT2D eigenvalue weighted by Gasteiger charge is 2.20. The van der Waals surface area contributed by atoms with E-state index in [9.17, 15) is 4.79 Å². The first-order chi connectivity index (χ1) is 9.04. The second-order valence-corrected chi connectivity index (χ2v) is 5.79. The van der Waals surface area contributed by atoms with E-state index in [0.29, 0.717) is 18.5 Å². The average Bonchev–Trinajstić information content (AvgIpc) is 2.36. The molecular weight excluding hydrogens is 236 g/mol. The number of amides is 1. The number of benzene rings is 1. The molecule has 3 N–H and O–H groups in total. The molecule has 1 aromatic rings. The molecule has 3 nitrogen and oxygen atoms in total. The van der Waals surface area contributed by atoms with E-state index < -0.39 is 0 Å². The van der Waals surface area contributed by atoms with Gasteiger partial charge in [0.25, 0.3) is 0 Å². The van der Waals surface area contributed by atoms with E-state index in [1.54, 1.807) is 0 Å². The molecule has 0 aromatic heterocycles. The number of hydrogen-bond acceptors (Lipinski definition) is 2. The van der Waals surface area contributed by atoms with Crippen molar-refractivity contribution >= 4 is 5.91 Å². The van der Waals surface area contributed by atoms with Gasteiger partial charge in [0.05, 0.1) is 6.42 Å². The summed E-state index contributed by atoms with van der Waals surface area (Å²) in [5.41, 5.74) is 9.43. The SMILES string of the molecule is Cc1ccc(CC(=O)NC2CCC(N)CC2)c(C)c1. The van der Waals surface area contributed by atoms with Gasteiger partial charge in [0.2, 0.25) is 5.91 Å². The molecule has 1 aliphatic rings. The number of carbonyl (C=O) groups excluding carboxylic acids is 1. The highest BCUT2D eigenvalue weighted by molar-refractivity contribution is 5.79. The highest BCUT2D eigenvalue weighted by Crippen LogP contribution is 2.17. The predicted molar refractivity (Wildman–Crippen MR) is 78.0 cm³/mol. The molecule has 1 saturated carbocycles. The fraction of sp³-hybridized carbons (Fsp3) is 0.562. The molecule has 0 saturated heterocycles. The minimum atomic E-state index is 0.132. The summed E-state index contributed by atoms with van der Waals surface area (Å²) in [6.07, 6.45) is 4.55. The Bertz CT molecular complexity index is 448. The molecule has 0 bridgehead atoms. The lowest BCUT2D eigenvalue weighted by atomic mass is 9.91. The van der Waals surface area contributed by atoms with Gasteiger partial charge in [-0.05, 0) is 50.7 Å². The van der Waals surface area contributed by atoms with Crippen molar-refractivity contribution in [1.29, 1.82) is 0 Å². The number of carbonyl (C=O) groups is 1. The third-order valence-corrected chi connectivity index (χ3v) is 3.99. The minimum Gasteiger partial charge on any atom is -0.353 e. The Morgan fingerprint density at radius 1 is 1.26 bits per heavy atom. The normalized spacial score (nSPS) is 23.1. The molecule has 19 heavy (non-hydrogen) atoms. The van der Waals surface area contributed by atoms with Crippen LogP contribution in [0.3, 0.4) is 0 Å². The van der Waals surface area contributed by atoms with E-state index in [0.717, 1.165) is 31.2 Å². The van der Waals surface area contributed by atoms with Crippen LogP contribution >= 0.6 is 0 Å². The molecule has 0 aliphatic heterocycles. The average molecular weight is 260 g/mol. The second-order valence-electron chi connectivity index (χ2n) is 5.79. The molecule has 0 radical (unpaired) electrons. The predicted octanol–water partition coefficient (Wildman–Crippen LogP) is 2.23. The van der Waals surface area contributed by atoms with Crippen molar-refractivity contribution in [3.8, 4) is 0 Å². The van der Waals surface area contributed by atoms with Crippen molar-refractivity contribution in [1.82, 2.24) is 5.32 Å². The summed E-state index contributed by atoms with van der Waals surface area (Å²) < 4.78 is 0. The van der Waals surface area contributed by atoms with Crippen LogP contribution in [-0.2, 0) is 11.2 Å². The smallest absolute Gasteiger partial charge is 0.224 e. The second kappa shape index (κ2) is 6.20. The zero-order valence-corrected chi connectivity index (χ0v) is 11.9. The van der Waals surface area contributed by atoms with E-state index in [1.165, 1.54) is 11.1 Å². The Labute approximate surface area is 115 Å². The van der Waals surface area contributed by atoms with Crippen LogP contribution < -0.4 is 11.1 Å². The molecule has 0 spiro atoms. The van der Waals surface area contributed by atoms with E-state index >= 15 is 0 Å². The molecule has 104 valence electrons. The number of rotatable bonds is 3. The van der Waals surface area contributed by atoms with Crippen molar-refractivity contribution in [3.63, 3.8) is 0 Å². The first kappa shape index (κ1) is 14.1. The minimum absolute atomic E-state index is 0.132. The van der Waals surface area contributed by atoms with Gasteiger partial charge in [-0.25, -0.2) is 0 Å². The third-order valence-electron chi connectivity index (χ3n) is 3.99. The fourth-order valence-corrected chi connectivity index (χ4v) is 2.76. The van der Waals surface area contributed by atoms with Crippen molar-refractivity contribution in [2.24, 2.45) is 5.73 Å². The maximum Gasteiger partial charge on any atom is 0.224 e. The lowest BCUT2D eigenvalue weighted by Crippen LogP contribution is -2.41. The molecule has 1 fully saturated rings. The van der Waals surface area contributed by atoms with Crippen molar-refractivity contribution < 1.29 is 4.79 Å². The summed E-state index contributed by atoms with van der Waals surface area (Å²) in [5.74, 6) is 0.132. The first-order valence-electron chi connectivity index (χ1n) is 7.15. The molecule has 0 atom stereocenters. The van der Waals surface area contributed by atoms with Crippen LogP contribution in [0.25, 0.3) is 0 Å². The van der Waals surface area contributed by atoms with Crippen molar-refractivity contribution in [3.05, 3.63) is 34.9 Å². The number of nitrogens with two attached hydrogens (primary N) is 1.